The Hall–Kier alpha value is -1.14. The van der Waals surface area contributed by atoms with Gasteiger partial charge in [0.15, 0.2) is 5.13 Å². The van der Waals surface area contributed by atoms with Gasteiger partial charge in [0.25, 0.3) is 0 Å². The first-order valence-electron chi connectivity index (χ1n) is 7.87. The standard InChI is InChI=1S/C16H26ClN3O2S/c1-5-6-7-8-20(14(22)16(3,4)11-17)9-13(21)19-15-18-12(2)10-23-15/h10H,5-9,11H2,1-4H3,(H,18,19,21). The van der Waals surface area contributed by atoms with Crippen LogP contribution < -0.4 is 5.32 Å². The molecule has 0 atom stereocenters. The summed E-state index contributed by atoms with van der Waals surface area (Å²) in [5.74, 6) is -0.0905. The van der Waals surface area contributed by atoms with Gasteiger partial charge in [0.1, 0.15) is 0 Å². The van der Waals surface area contributed by atoms with E-state index in [0.29, 0.717) is 11.7 Å². The molecule has 0 aliphatic rings. The lowest BCUT2D eigenvalue weighted by Gasteiger charge is -2.30. The average Bonchev–Trinajstić information content (AvgIpc) is 2.90. The second-order valence-corrected chi connectivity index (χ2v) is 7.42. The lowest BCUT2D eigenvalue weighted by molar-refractivity contribution is -0.141. The van der Waals surface area contributed by atoms with Crippen molar-refractivity contribution in [3.8, 4) is 0 Å². The fraction of sp³-hybridized carbons (Fsp3) is 0.688. The predicted molar refractivity (Wildman–Crippen MR) is 96.1 cm³/mol. The predicted octanol–water partition coefficient (Wildman–Crippen LogP) is 3.67. The topological polar surface area (TPSA) is 62.3 Å². The van der Waals surface area contributed by atoms with E-state index in [1.54, 1.807) is 18.7 Å². The molecule has 1 N–H and O–H groups in total. The van der Waals surface area contributed by atoms with Crippen LogP contribution in [0.15, 0.2) is 5.38 Å². The van der Waals surface area contributed by atoms with Gasteiger partial charge in [-0.05, 0) is 27.2 Å². The average molecular weight is 360 g/mol. The van der Waals surface area contributed by atoms with E-state index in [-0.39, 0.29) is 24.2 Å². The van der Waals surface area contributed by atoms with Crippen LogP contribution in [0.2, 0.25) is 0 Å². The highest BCUT2D eigenvalue weighted by molar-refractivity contribution is 7.13. The molecule has 0 spiro atoms. The monoisotopic (exact) mass is 359 g/mol. The quantitative estimate of drug-likeness (QED) is 0.540. The molecular weight excluding hydrogens is 334 g/mol. The SMILES string of the molecule is CCCCCN(CC(=O)Nc1nc(C)cs1)C(=O)C(C)(C)CCl. The van der Waals surface area contributed by atoms with Crippen LogP contribution in [-0.2, 0) is 9.59 Å². The van der Waals surface area contributed by atoms with E-state index >= 15 is 0 Å². The van der Waals surface area contributed by atoms with Crippen molar-refractivity contribution < 1.29 is 9.59 Å². The summed E-state index contributed by atoms with van der Waals surface area (Å²) < 4.78 is 0. The van der Waals surface area contributed by atoms with Crippen LogP contribution in [0.25, 0.3) is 0 Å². The molecule has 2 amide bonds. The Morgan fingerprint density at radius 1 is 1.39 bits per heavy atom. The van der Waals surface area contributed by atoms with Crippen LogP contribution in [0, 0.1) is 12.3 Å². The zero-order chi connectivity index (χ0) is 17.5. The van der Waals surface area contributed by atoms with Crippen LogP contribution in [0.1, 0.15) is 45.7 Å². The Morgan fingerprint density at radius 2 is 2.09 bits per heavy atom. The first-order valence-corrected chi connectivity index (χ1v) is 9.29. The van der Waals surface area contributed by atoms with Gasteiger partial charge in [0.2, 0.25) is 11.8 Å². The largest absolute Gasteiger partial charge is 0.333 e. The molecule has 0 unspecified atom stereocenters. The van der Waals surface area contributed by atoms with Gasteiger partial charge >= 0.3 is 0 Å². The third-order valence-electron chi connectivity index (χ3n) is 3.43. The molecule has 0 fully saturated rings. The number of hydrogen-bond acceptors (Lipinski definition) is 4. The first kappa shape index (κ1) is 19.9. The molecule has 130 valence electrons. The number of rotatable bonds is 9. The van der Waals surface area contributed by atoms with Crippen molar-refractivity contribution in [1.82, 2.24) is 9.88 Å². The number of amides is 2. The minimum absolute atomic E-state index is 0.0293. The third kappa shape index (κ3) is 6.47. The highest BCUT2D eigenvalue weighted by atomic mass is 35.5. The van der Waals surface area contributed by atoms with Gasteiger partial charge in [-0.2, -0.15) is 0 Å². The number of nitrogens with zero attached hydrogens (tertiary/aromatic N) is 2. The molecule has 0 radical (unpaired) electrons. The number of aromatic nitrogens is 1. The lowest BCUT2D eigenvalue weighted by atomic mass is 9.94. The summed E-state index contributed by atoms with van der Waals surface area (Å²) in [5, 5.41) is 5.18. The van der Waals surface area contributed by atoms with Crippen molar-refractivity contribution in [2.75, 3.05) is 24.3 Å². The number of carbonyl (C=O) groups is 2. The summed E-state index contributed by atoms with van der Waals surface area (Å²) in [7, 11) is 0. The number of nitrogens with one attached hydrogen (secondary N) is 1. The highest BCUT2D eigenvalue weighted by Crippen LogP contribution is 2.21. The zero-order valence-electron chi connectivity index (χ0n) is 14.3. The molecule has 0 saturated heterocycles. The molecule has 5 nitrogen and oxygen atoms in total. The van der Waals surface area contributed by atoms with Gasteiger partial charge in [0, 0.05) is 17.8 Å². The fourth-order valence-corrected chi connectivity index (χ4v) is 2.85. The van der Waals surface area contributed by atoms with E-state index in [1.807, 2.05) is 12.3 Å². The number of anilines is 1. The number of unbranched alkanes of at least 4 members (excludes halogenated alkanes) is 2. The zero-order valence-corrected chi connectivity index (χ0v) is 15.9. The molecule has 7 heteroatoms. The van der Waals surface area contributed by atoms with E-state index in [0.717, 1.165) is 25.0 Å². The molecular formula is C16H26ClN3O2S. The second kappa shape index (κ2) is 9.23. The van der Waals surface area contributed by atoms with Gasteiger partial charge in [0.05, 0.1) is 17.7 Å². The van der Waals surface area contributed by atoms with Crippen LogP contribution in [0.4, 0.5) is 5.13 Å². The van der Waals surface area contributed by atoms with Gasteiger partial charge in [-0.3, -0.25) is 9.59 Å². The molecule has 1 aromatic heterocycles. The number of aryl methyl sites for hydroxylation is 1. The Balaban J connectivity index is 2.71. The summed E-state index contributed by atoms with van der Waals surface area (Å²) in [4.78, 5) is 30.7. The van der Waals surface area contributed by atoms with Crippen molar-refractivity contribution in [3.63, 3.8) is 0 Å². The van der Waals surface area contributed by atoms with Crippen molar-refractivity contribution in [1.29, 1.82) is 0 Å². The second-order valence-electron chi connectivity index (χ2n) is 6.29. The van der Waals surface area contributed by atoms with Crippen molar-refractivity contribution in [2.45, 2.75) is 47.0 Å². The van der Waals surface area contributed by atoms with E-state index in [2.05, 4.69) is 17.2 Å². The maximum atomic E-state index is 12.6. The molecule has 1 rings (SSSR count). The van der Waals surface area contributed by atoms with Crippen molar-refractivity contribution >= 4 is 39.9 Å². The molecule has 1 aromatic rings. The summed E-state index contributed by atoms with van der Waals surface area (Å²) in [5.41, 5.74) is 0.190. The number of halogens is 1. The molecule has 0 aromatic carbocycles. The molecule has 1 heterocycles. The molecule has 0 bridgehead atoms. The Morgan fingerprint density at radius 3 is 2.61 bits per heavy atom. The van der Waals surface area contributed by atoms with E-state index in [9.17, 15) is 9.59 Å². The van der Waals surface area contributed by atoms with Crippen molar-refractivity contribution in [2.24, 2.45) is 5.41 Å². The summed E-state index contributed by atoms with van der Waals surface area (Å²) in [6.45, 7) is 8.18. The molecule has 0 saturated carbocycles. The minimum Gasteiger partial charge on any atom is -0.333 e. The van der Waals surface area contributed by atoms with Gasteiger partial charge < -0.3 is 10.2 Å². The van der Waals surface area contributed by atoms with E-state index in [1.165, 1.54) is 11.3 Å². The lowest BCUT2D eigenvalue weighted by Crippen LogP contribution is -2.46. The number of alkyl halides is 1. The van der Waals surface area contributed by atoms with Gasteiger partial charge in [-0.25, -0.2) is 4.98 Å². The van der Waals surface area contributed by atoms with Crippen LogP contribution in [-0.4, -0.2) is 40.7 Å². The maximum absolute atomic E-state index is 12.6. The smallest absolute Gasteiger partial charge is 0.245 e. The highest BCUT2D eigenvalue weighted by Gasteiger charge is 2.32. The normalized spacial score (nSPS) is 11.3. The number of carbonyl (C=O) groups excluding carboxylic acids is 2. The minimum atomic E-state index is -0.675. The third-order valence-corrected chi connectivity index (χ3v) is 4.98. The van der Waals surface area contributed by atoms with Crippen LogP contribution in [0.5, 0.6) is 0 Å². The molecule has 0 aliphatic heterocycles. The maximum Gasteiger partial charge on any atom is 0.245 e. The summed E-state index contributed by atoms with van der Waals surface area (Å²) in [6, 6.07) is 0. The fourth-order valence-electron chi connectivity index (χ4n) is 2.03. The number of thiazole rings is 1. The Bertz CT molecular complexity index is 531. The Kier molecular flexibility index (Phi) is 7.99. The van der Waals surface area contributed by atoms with E-state index in [4.69, 9.17) is 11.6 Å². The van der Waals surface area contributed by atoms with Gasteiger partial charge in [-0.1, -0.05) is 19.8 Å². The van der Waals surface area contributed by atoms with Crippen molar-refractivity contribution in [3.05, 3.63) is 11.1 Å². The molecule has 23 heavy (non-hydrogen) atoms. The Labute approximate surface area is 147 Å². The number of hydrogen-bond donors (Lipinski definition) is 1. The molecule has 0 aliphatic carbocycles. The first-order chi connectivity index (χ1) is 10.8. The summed E-state index contributed by atoms with van der Waals surface area (Å²) >= 11 is 7.28. The van der Waals surface area contributed by atoms with Crippen LogP contribution in [0.3, 0.4) is 0 Å². The van der Waals surface area contributed by atoms with Gasteiger partial charge in [-0.15, -0.1) is 22.9 Å². The van der Waals surface area contributed by atoms with E-state index < -0.39 is 5.41 Å². The van der Waals surface area contributed by atoms with Crippen LogP contribution >= 0.6 is 22.9 Å². The summed E-state index contributed by atoms with van der Waals surface area (Å²) in [6.07, 6.45) is 2.97.